The van der Waals surface area contributed by atoms with Crippen molar-refractivity contribution in [2.45, 2.75) is 12.8 Å². The van der Waals surface area contributed by atoms with Gasteiger partial charge >= 0.3 is 0 Å². The fraction of sp³-hybridized carbons (Fsp3) is 0.125. The molecule has 1 N–H and O–H groups in total. The van der Waals surface area contributed by atoms with Crippen molar-refractivity contribution in [3.05, 3.63) is 65.8 Å². The Bertz CT molecular complexity index is 620. The Morgan fingerprint density at radius 2 is 1.82 bits per heavy atom. The molecule has 0 bridgehead atoms. The van der Waals surface area contributed by atoms with E-state index in [1.807, 2.05) is 24.3 Å². The van der Waals surface area contributed by atoms with Gasteiger partial charge in [-0.2, -0.15) is 0 Å². The molecule has 0 aliphatic heterocycles. The van der Waals surface area contributed by atoms with E-state index in [1.165, 1.54) is 11.1 Å². The number of phenolic OH excluding ortho intramolecular Hbond substituents is 1. The normalized spacial score (nSPS) is 14.2. The first kappa shape index (κ1) is 10.2. The summed E-state index contributed by atoms with van der Waals surface area (Å²) in [5.41, 5.74) is 2.72. The van der Waals surface area contributed by atoms with Crippen molar-refractivity contribution in [2.75, 3.05) is 0 Å². The summed E-state index contributed by atoms with van der Waals surface area (Å²) in [5, 5.41) is 11.9. The van der Waals surface area contributed by atoms with Crippen LogP contribution in [0.4, 0.5) is 0 Å². The predicted molar refractivity (Wildman–Crippen MR) is 71.2 cm³/mol. The topological polar surface area (TPSA) is 20.2 Å². The molecule has 0 atom stereocenters. The molecule has 84 valence electrons. The average Bonchev–Trinajstić information content (AvgIpc) is 2.86. The molecule has 0 saturated carbocycles. The summed E-state index contributed by atoms with van der Waals surface area (Å²) in [4.78, 5) is 0. The Hall–Kier alpha value is -2.02. The van der Waals surface area contributed by atoms with Gasteiger partial charge in [-0.25, -0.2) is 0 Å². The minimum absolute atomic E-state index is 0.364. The SMILES string of the molecule is Oc1ccc(CC2=CC=CC2)c2ccccc12. The molecule has 0 unspecified atom stereocenters. The van der Waals surface area contributed by atoms with E-state index in [9.17, 15) is 5.11 Å². The Kier molecular flexibility index (Phi) is 2.45. The average molecular weight is 222 g/mol. The summed E-state index contributed by atoms with van der Waals surface area (Å²) in [7, 11) is 0. The van der Waals surface area contributed by atoms with Gasteiger partial charge in [-0.05, 0) is 29.9 Å². The van der Waals surface area contributed by atoms with Gasteiger partial charge in [0.15, 0.2) is 0 Å². The van der Waals surface area contributed by atoms with Crippen molar-refractivity contribution < 1.29 is 5.11 Å². The van der Waals surface area contributed by atoms with Crippen LogP contribution < -0.4 is 0 Å². The lowest BCUT2D eigenvalue weighted by molar-refractivity contribution is 0.481. The van der Waals surface area contributed by atoms with Crippen LogP contribution in [0.15, 0.2) is 60.2 Å². The van der Waals surface area contributed by atoms with Gasteiger partial charge in [0.05, 0.1) is 0 Å². The highest BCUT2D eigenvalue weighted by molar-refractivity contribution is 5.91. The quantitative estimate of drug-likeness (QED) is 0.815. The second-order valence-electron chi connectivity index (χ2n) is 4.42. The number of aromatic hydroxyl groups is 1. The van der Waals surface area contributed by atoms with E-state index in [2.05, 4.69) is 24.3 Å². The maximum Gasteiger partial charge on any atom is 0.123 e. The number of rotatable bonds is 2. The largest absolute Gasteiger partial charge is 0.507 e. The van der Waals surface area contributed by atoms with Crippen molar-refractivity contribution in [3.8, 4) is 5.75 Å². The van der Waals surface area contributed by atoms with Crippen molar-refractivity contribution in [1.82, 2.24) is 0 Å². The van der Waals surface area contributed by atoms with Gasteiger partial charge in [-0.3, -0.25) is 0 Å². The van der Waals surface area contributed by atoms with Crippen LogP contribution in [0.1, 0.15) is 12.0 Å². The van der Waals surface area contributed by atoms with Crippen molar-refractivity contribution >= 4 is 10.8 Å². The second kappa shape index (κ2) is 4.10. The maximum atomic E-state index is 9.83. The maximum absolute atomic E-state index is 9.83. The van der Waals surface area contributed by atoms with Crippen LogP contribution in [0.2, 0.25) is 0 Å². The lowest BCUT2D eigenvalue weighted by Gasteiger charge is -2.08. The van der Waals surface area contributed by atoms with Crippen molar-refractivity contribution in [2.24, 2.45) is 0 Å². The van der Waals surface area contributed by atoms with E-state index in [0.717, 1.165) is 23.6 Å². The molecular weight excluding hydrogens is 208 g/mol. The summed E-state index contributed by atoms with van der Waals surface area (Å²) >= 11 is 0. The number of fused-ring (bicyclic) bond motifs is 1. The molecule has 0 fully saturated rings. The third-order valence-corrected chi connectivity index (χ3v) is 3.26. The number of hydrogen-bond donors (Lipinski definition) is 1. The smallest absolute Gasteiger partial charge is 0.123 e. The summed E-state index contributed by atoms with van der Waals surface area (Å²) in [6.07, 6.45) is 8.49. The number of allylic oxidation sites excluding steroid dienone is 4. The van der Waals surface area contributed by atoms with Crippen LogP contribution in [0, 0.1) is 0 Å². The number of phenols is 1. The lowest BCUT2D eigenvalue weighted by Crippen LogP contribution is -1.90. The highest BCUT2D eigenvalue weighted by Gasteiger charge is 2.07. The number of benzene rings is 2. The van der Waals surface area contributed by atoms with Crippen molar-refractivity contribution in [1.29, 1.82) is 0 Å². The molecule has 1 aliphatic carbocycles. The van der Waals surface area contributed by atoms with Gasteiger partial charge in [0, 0.05) is 5.39 Å². The van der Waals surface area contributed by atoms with E-state index in [1.54, 1.807) is 6.07 Å². The molecule has 17 heavy (non-hydrogen) atoms. The highest BCUT2D eigenvalue weighted by Crippen LogP contribution is 2.29. The number of hydrogen-bond acceptors (Lipinski definition) is 1. The first-order valence-corrected chi connectivity index (χ1v) is 5.89. The molecule has 0 spiro atoms. The van der Waals surface area contributed by atoms with Gasteiger partial charge in [0.2, 0.25) is 0 Å². The molecular formula is C16H14O. The van der Waals surface area contributed by atoms with Crippen LogP contribution in [0.3, 0.4) is 0 Å². The molecule has 1 nitrogen and oxygen atoms in total. The molecule has 0 radical (unpaired) electrons. The van der Waals surface area contributed by atoms with E-state index in [4.69, 9.17) is 0 Å². The minimum Gasteiger partial charge on any atom is -0.507 e. The lowest BCUT2D eigenvalue weighted by atomic mass is 9.97. The summed E-state index contributed by atoms with van der Waals surface area (Å²) < 4.78 is 0. The molecule has 1 aliphatic rings. The van der Waals surface area contributed by atoms with Crippen molar-refractivity contribution in [3.63, 3.8) is 0 Å². The first-order valence-electron chi connectivity index (χ1n) is 5.89. The monoisotopic (exact) mass is 222 g/mol. The van der Waals surface area contributed by atoms with E-state index >= 15 is 0 Å². The van der Waals surface area contributed by atoms with E-state index in [-0.39, 0.29) is 0 Å². The standard InChI is InChI=1S/C16H14O/c17-16-10-9-13(11-12-5-1-2-6-12)14-7-3-4-8-15(14)16/h1-5,7-10,17H,6,11H2. The highest BCUT2D eigenvalue weighted by atomic mass is 16.3. The zero-order valence-electron chi connectivity index (χ0n) is 9.56. The second-order valence-corrected chi connectivity index (χ2v) is 4.42. The van der Waals surface area contributed by atoms with Crippen LogP contribution in [0.25, 0.3) is 10.8 Å². The van der Waals surface area contributed by atoms with Crippen LogP contribution in [-0.2, 0) is 6.42 Å². The molecule has 0 heterocycles. The molecule has 0 saturated heterocycles. The summed E-state index contributed by atoms with van der Waals surface area (Å²) in [6.45, 7) is 0. The van der Waals surface area contributed by atoms with Gasteiger partial charge in [-0.1, -0.05) is 54.1 Å². The van der Waals surface area contributed by atoms with Gasteiger partial charge in [0.1, 0.15) is 5.75 Å². The fourth-order valence-electron chi connectivity index (χ4n) is 2.37. The first-order chi connectivity index (χ1) is 8.34. The molecule has 1 heteroatoms. The van der Waals surface area contributed by atoms with Gasteiger partial charge < -0.3 is 5.11 Å². The molecule has 2 aromatic carbocycles. The molecule has 0 amide bonds. The Balaban J connectivity index is 2.07. The zero-order valence-corrected chi connectivity index (χ0v) is 9.56. The molecule has 3 rings (SSSR count). The minimum atomic E-state index is 0.364. The third-order valence-electron chi connectivity index (χ3n) is 3.26. The Morgan fingerprint density at radius 1 is 1.00 bits per heavy atom. The van der Waals surface area contributed by atoms with E-state index in [0.29, 0.717) is 5.75 Å². The molecule has 2 aromatic rings. The van der Waals surface area contributed by atoms with Crippen LogP contribution in [-0.4, -0.2) is 5.11 Å². The van der Waals surface area contributed by atoms with Crippen LogP contribution in [0.5, 0.6) is 5.75 Å². The summed E-state index contributed by atoms with van der Waals surface area (Å²) in [5.74, 6) is 0.364. The predicted octanol–water partition coefficient (Wildman–Crippen LogP) is 3.97. The Labute approximate surface area is 101 Å². The third kappa shape index (κ3) is 1.84. The fourth-order valence-corrected chi connectivity index (χ4v) is 2.37. The van der Waals surface area contributed by atoms with Gasteiger partial charge in [-0.15, -0.1) is 0 Å². The zero-order chi connectivity index (χ0) is 11.7. The molecule has 0 aromatic heterocycles. The van der Waals surface area contributed by atoms with Crippen LogP contribution >= 0.6 is 0 Å². The van der Waals surface area contributed by atoms with E-state index < -0.39 is 0 Å². The van der Waals surface area contributed by atoms with Gasteiger partial charge in [0.25, 0.3) is 0 Å². The Morgan fingerprint density at radius 3 is 2.59 bits per heavy atom. The summed E-state index contributed by atoms with van der Waals surface area (Å²) in [6, 6.07) is 11.8.